The molecule has 0 aromatic rings. The first-order valence-electron chi connectivity index (χ1n) is 2.14. The van der Waals surface area contributed by atoms with E-state index in [1.54, 1.807) is 12.8 Å². The van der Waals surface area contributed by atoms with Crippen molar-refractivity contribution in [2.45, 2.75) is 6.42 Å². The molecule has 0 saturated carbocycles. The zero-order chi connectivity index (χ0) is 4.95. The van der Waals surface area contributed by atoms with Gasteiger partial charge in [0.05, 0.1) is 0 Å². The molecule has 0 aromatic heterocycles. The minimum Gasteiger partial charge on any atom is -0.476 e. The van der Waals surface area contributed by atoms with E-state index < -0.39 is 0 Å². The van der Waals surface area contributed by atoms with Gasteiger partial charge in [-0.05, 0) is 0 Å². The molecule has 0 amide bonds. The van der Waals surface area contributed by atoms with E-state index >= 15 is 0 Å². The molecule has 1 aliphatic rings. The SMILES string of the molecule is [CH]1CC=CN=CO1. The van der Waals surface area contributed by atoms with E-state index in [-0.39, 0.29) is 0 Å². The number of nitrogens with zero attached hydrogens (tertiary/aromatic N) is 1. The van der Waals surface area contributed by atoms with E-state index in [1.807, 2.05) is 6.08 Å². The summed E-state index contributed by atoms with van der Waals surface area (Å²) < 4.78 is 4.72. The summed E-state index contributed by atoms with van der Waals surface area (Å²) in [6.45, 7) is 1.69. The Kier molecular flexibility index (Phi) is 1.50. The minimum absolute atomic E-state index is 0.847. The third kappa shape index (κ3) is 1.39. The summed E-state index contributed by atoms with van der Waals surface area (Å²) in [5.74, 6) is 0. The van der Waals surface area contributed by atoms with Crippen LogP contribution >= 0.6 is 0 Å². The third-order valence-corrected chi connectivity index (χ3v) is 0.642. The van der Waals surface area contributed by atoms with Gasteiger partial charge in [-0.3, -0.25) is 0 Å². The Balaban J connectivity index is 2.39. The predicted octanol–water partition coefficient (Wildman–Crippen LogP) is 1.11. The molecule has 0 aliphatic carbocycles. The Morgan fingerprint density at radius 2 is 2.57 bits per heavy atom. The number of hydrogen-bond acceptors (Lipinski definition) is 2. The van der Waals surface area contributed by atoms with E-state index in [0.717, 1.165) is 6.42 Å². The van der Waals surface area contributed by atoms with Crippen molar-refractivity contribution in [2.75, 3.05) is 0 Å². The zero-order valence-corrected chi connectivity index (χ0v) is 3.87. The van der Waals surface area contributed by atoms with Crippen LogP contribution in [0.15, 0.2) is 17.3 Å². The third-order valence-electron chi connectivity index (χ3n) is 0.642. The summed E-state index contributed by atoms with van der Waals surface area (Å²) in [6, 6.07) is 0. The molecule has 0 atom stereocenters. The maximum atomic E-state index is 4.72. The molecule has 2 heteroatoms. The second-order valence-electron chi connectivity index (χ2n) is 1.18. The van der Waals surface area contributed by atoms with E-state index in [1.165, 1.54) is 6.40 Å². The Bertz CT molecular complexity index is 84.3. The van der Waals surface area contributed by atoms with E-state index in [9.17, 15) is 0 Å². The highest BCUT2D eigenvalue weighted by atomic mass is 16.5. The lowest BCUT2D eigenvalue weighted by atomic mass is 10.4. The molecule has 1 heterocycles. The standard InChI is InChI=1S/C5H6NO/c1-2-4-7-5-6-3-1/h1,3-5H,2H2. The molecule has 0 unspecified atom stereocenters. The van der Waals surface area contributed by atoms with Crippen LogP contribution in [0.2, 0.25) is 0 Å². The fourth-order valence-electron chi connectivity index (χ4n) is 0.346. The molecule has 2 nitrogen and oxygen atoms in total. The van der Waals surface area contributed by atoms with Gasteiger partial charge in [0.15, 0.2) is 6.40 Å². The highest BCUT2D eigenvalue weighted by Crippen LogP contribution is 1.93. The van der Waals surface area contributed by atoms with Crippen molar-refractivity contribution in [1.29, 1.82) is 0 Å². The topological polar surface area (TPSA) is 21.6 Å². The average Bonchev–Trinajstić information content (AvgIpc) is 1.90. The molecule has 1 aliphatic heterocycles. The van der Waals surface area contributed by atoms with Crippen LogP contribution in [0.4, 0.5) is 0 Å². The number of aliphatic imine (C=N–C) groups is 1. The highest BCUT2D eigenvalue weighted by molar-refractivity contribution is 5.48. The Morgan fingerprint density at radius 1 is 1.57 bits per heavy atom. The van der Waals surface area contributed by atoms with Gasteiger partial charge in [0.25, 0.3) is 0 Å². The first-order chi connectivity index (χ1) is 3.50. The minimum atomic E-state index is 0.847. The van der Waals surface area contributed by atoms with Crippen LogP contribution in [0.25, 0.3) is 0 Å². The summed E-state index contributed by atoms with van der Waals surface area (Å²) in [7, 11) is 0. The Morgan fingerprint density at radius 3 is 3.57 bits per heavy atom. The normalized spacial score (nSPS) is 18.3. The molecule has 0 N–H and O–H groups in total. The van der Waals surface area contributed by atoms with Gasteiger partial charge >= 0.3 is 0 Å². The van der Waals surface area contributed by atoms with Gasteiger partial charge in [-0.2, -0.15) is 0 Å². The van der Waals surface area contributed by atoms with Crippen LogP contribution in [0.1, 0.15) is 6.42 Å². The molecule has 7 heavy (non-hydrogen) atoms. The fourth-order valence-corrected chi connectivity index (χ4v) is 0.346. The number of hydrogen-bond donors (Lipinski definition) is 0. The zero-order valence-electron chi connectivity index (χ0n) is 3.87. The molecule has 0 aromatic carbocycles. The molecular formula is C5H6NO. The van der Waals surface area contributed by atoms with E-state index in [2.05, 4.69) is 4.99 Å². The van der Waals surface area contributed by atoms with Crippen LogP contribution in [0.5, 0.6) is 0 Å². The lowest BCUT2D eigenvalue weighted by Gasteiger charge is -1.86. The predicted molar refractivity (Wildman–Crippen MR) is 27.6 cm³/mol. The van der Waals surface area contributed by atoms with Crippen molar-refractivity contribution in [3.05, 3.63) is 18.9 Å². The van der Waals surface area contributed by atoms with E-state index in [4.69, 9.17) is 4.74 Å². The van der Waals surface area contributed by atoms with Gasteiger partial charge in [-0.25, -0.2) is 4.99 Å². The smallest absolute Gasteiger partial charge is 0.174 e. The Hall–Kier alpha value is -0.790. The second-order valence-corrected chi connectivity index (χ2v) is 1.18. The lowest BCUT2D eigenvalue weighted by Crippen LogP contribution is -1.77. The largest absolute Gasteiger partial charge is 0.476 e. The van der Waals surface area contributed by atoms with Crippen molar-refractivity contribution in [3.8, 4) is 0 Å². The van der Waals surface area contributed by atoms with Gasteiger partial charge in [0.1, 0.15) is 6.61 Å². The summed E-state index contributed by atoms with van der Waals surface area (Å²) in [6.07, 6.45) is 5.89. The van der Waals surface area contributed by atoms with Crippen LogP contribution in [0, 0.1) is 6.61 Å². The average molecular weight is 96.1 g/mol. The van der Waals surface area contributed by atoms with Crippen LogP contribution in [-0.2, 0) is 4.74 Å². The maximum Gasteiger partial charge on any atom is 0.174 e. The molecule has 37 valence electrons. The number of ether oxygens (including phenoxy) is 1. The summed E-state index contributed by atoms with van der Waals surface area (Å²) in [5, 5.41) is 0. The molecule has 0 spiro atoms. The second kappa shape index (κ2) is 2.39. The van der Waals surface area contributed by atoms with Crippen LogP contribution < -0.4 is 0 Å². The molecule has 1 radical (unpaired) electrons. The van der Waals surface area contributed by atoms with Gasteiger partial charge in [-0.1, -0.05) is 6.08 Å². The van der Waals surface area contributed by atoms with Gasteiger partial charge in [0.2, 0.25) is 0 Å². The highest BCUT2D eigenvalue weighted by Gasteiger charge is 1.82. The lowest BCUT2D eigenvalue weighted by molar-refractivity contribution is 0.413. The maximum absolute atomic E-state index is 4.72. The molecule has 1 rings (SSSR count). The molecule has 0 saturated heterocycles. The van der Waals surface area contributed by atoms with Crippen molar-refractivity contribution in [2.24, 2.45) is 4.99 Å². The summed E-state index contributed by atoms with van der Waals surface area (Å²) >= 11 is 0. The van der Waals surface area contributed by atoms with Gasteiger partial charge < -0.3 is 4.74 Å². The fraction of sp³-hybridized carbons (Fsp3) is 0.200. The van der Waals surface area contributed by atoms with Crippen molar-refractivity contribution in [1.82, 2.24) is 0 Å². The van der Waals surface area contributed by atoms with Gasteiger partial charge in [0, 0.05) is 12.6 Å². The van der Waals surface area contributed by atoms with Crippen molar-refractivity contribution < 1.29 is 4.74 Å². The molecular weight excluding hydrogens is 90.1 g/mol. The van der Waals surface area contributed by atoms with Gasteiger partial charge in [-0.15, -0.1) is 0 Å². The quantitative estimate of drug-likeness (QED) is 0.442. The van der Waals surface area contributed by atoms with Crippen LogP contribution in [-0.4, -0.2) is 6.40 Å². The first kappa shape index (κ1) is 4.37. The number of rotatable bonds is 0. The van der Waals surface area contributed by atoms with Crippen molar-refractivity contribution >= 4 is 6.40 Å². The molecule has 0 bridgehead atoms. The van der Waals surface area contributed by atoms with E-state index in [0.29, 0.717) is 0 Å². The monoisotopic (exact) mass is 96.0 g/mol. The Labute approximate surface area is 42.5 Å². The van der Waals surface area contributed by atoms with Crippen LogP contribution in [0.3, 0.4) is 0 Å². The molecule has 0 fully saturated rings. The summed E-state index contributed by atoms with van der Waals surface area (Å²) in [4.78, 5) is 3.71. The summed E-state index contributed by atoms with van der Waals surface area (Å²) in [5.41, 5.74) is 0. The van der Waals surface area contributed by atoms with Crippen molar-refractivity contribution in [3.63, 3.8) is 0 Å². The first-order valence-corrected chi connectivity index (χ1v) is 2.14.